The maximum absolute atomic E-state index is 13.2. The van der Waals surface area contributed by atoms with E-state index >= 15 is 0 Å². The number of aromatic nitrogens is 2. The van der Waals surface area contributed by atoms with Crippen molar-refractivity contribution in [1.82, 2.24) is 9.97 Å². The van der Waals surface area contributed by atoms with E-state index in [1.165, 1.54) is 28.6 Å². The number of aliphatic hydroxyl groups is 1. The number of carbonyl (C=O) groups is 1. The number of aromatic amines is 2. The first kappa shape index (κ1) is 21.3. The molecule has 1 saturated carbocycles. The Bertz CT molecular complexity index is 1130. The van der Waals surface area contributed by atoms with Gasteiger partial charge in [-0.2, -0.15) is 0 Å². The number of H-pyrrole nitrogens is 2. The highest BCUT2D eigenvalue weighted by atomic mass is 16.3. The molecule has 0 aliphatic heterocycles. The predicted octanol–water partition coefficient (Wildman–Crippen LogP) is 5.58. The molecule has 2 heterocycles. The van der Waals surface area contributed by atoms with Gasteiger partial charge in [0.15, 0.2) is 0 Å². The molecule has 1 fully saturated rings. The van der Waals surface area contributed by atoms with Gasteiger partial charge in [0.1, 0.15) is 0 Å². The van der Waals surface area contributed by atoms with Gasteiger partial charge in [-0.25, -0.2) is 0 Å². The molecule has 5 rings (SSSR count). The van der Waals surface area contributed by atoms with Crippen molar-refractivity contribution in [2.75, 3.05) is 11.4 Å². The molecule has 1 aromatic carbocycles. The van der Waals surface area contributed by atoms with Gasteiger partial charge in [0.25, 0.3) is 0 Å². The van der Waals surface area contributed by atoms with E-state index < -0.39 is 0 Å². The molecule has 3 aromatic rings. The van der Waals surface area contributed by atoms with E-state index in [4.69, 9.17) is 0 Å². The molecule has 0 bridgehead atoms. The van der Waals surface area contributed by atoms with Gasteiger partial charge in [-0.3, -0.25) is 4.79 Å². The number of benzene rings is 1. The molecule has 2 aromatic heterocycles. The van der Waals surface area contributed by atoms with Crippen LogP contribution in [0.15, 0.2) is 30.5 Å². The fraction of sp³-hybridized carbons (Fsp3) is 0.519. The van der Waals surface area contributed by atoms with Crippen LogP contribution in [0.4, 0.5) is 5.69 Å². The monoisotopic (exact) mass is 433 g/mol. The van der Waals surface area contributed by atoms with E-state index in [0.29, 0.717) is 12.0 Å². The van der Waals surface area contributed by atoms with Crippen LogP contribution in [-0.4, -0.2) is 33.6 Å². The summed E-state index contributed by atoms with van der Waals surface area (Å²) >= 11 is 0. The fourth-order valence-electron chi connectivity index (χ4n) is 5.65. The van der Waals surface area contributed by atoms with Crippen LogP contribution in [0.1, 0.15) is 64.1 Å². The van der Waals surface area contributed by atoms with Crippen molar-refractivity contribution in [3.63, 3.8) is 0 Å². The van der Waals surface area contributed by atoms with E-state index in [9.17, 15) is 9.90 Å². The summed E-state index contributed by atoms with van der Waals surface area (Å²) in [6.45, 7) is 7.37. The SMILES string of the molecule is CCN(C(=O)C1CCC(O)CC1)c1ccc2cc(-c3c[nH]c4c3CCC(C)(C)C4)[nH]c2c1. The molecule has 0 unspecified atom stereocenters. The highest BCUT2D eigenvalue weighted by Gasteiger charge is 2.30. The maximum atomic E-state index is 13.2. The molecule has 0 radical (unpaired) electrons. The van der Waals surface area contributed by atoms with Crippen molar-refractivity contribution in [3.05, 3.63) is 41.7 Å². The second-order valence-electron chi connectivity index (χ2n) is 10.5. The standard InChI is InChI=1S/C27H35N3O2/c1-4-30(26(32)17-6-9-20(31)10-7-17)19-8-5-18-13-24(29-23(18)14-19)22-16-28-25-15-27(2,3)12-11-21(22)25/h5,8,13-14,16-17,20,28-29,31H,4,6-7,9-12,15H2,1-3H3. The van der Waals surface area contributed by atoms with Crippen LogP contribution < -0.4 is 4.90 Å². The van der Waals surface area contributed by atoms with Crippen molar-refractivity contribution in [2.24, 2.45) is 11.3 Å². The second kappa shape index (κ2) is 8.11. The first-order chi connectivity index (χ1) is 15.3. The van der Waals surface area contributed by atoms with Gasteiger partial charge in [-0.1, -0.05) is 19.9 Å². The molecule has 2 aliphatic rings. The minimum Gasteiger partial charge on any atom is -0.393 e. The third kappa shape index (κ3) is 3.88. The molecule has 0 spiro atoms. The Morgan fingerprint density at radius 3 is 2.72 bits per heavy atom. The number of fused-ring (bicyclic) bond motifs is 2. The molecule has 0 saturated heterocycles. The lowest BCUT2D eigenvalue weighted by atomic mass is 9.76. The average molecular weight is 434 g/mol. The summed E-state index contributed by atoms with van der Waals surface area (Å²) in [5.41, 5.74) is 7.60. The summed E-state index contributed by atoms with van der Waals surface area (Å²) in [5, 5.41) is 11.0. The van der Waals surface area contributed by atoms with Gasteiger partial charge in [0.2, 0.25) is 5.91 Å². The van der Waals surface area contributed by atoms with Gasteiger partial charge in [0.05, 0.1) is 6.10 Å². The maximum Gasteiger partial charge on any atom is 0.230 e. The molecule has 5 nitrogen and oxygen atoms in total. The molecule has 5 heteroatoms. The lowest BCUT2D eigenvalue weighted by molar-refractivity contribution is -0.123. The normalized spacial score (nSPS) is 22.6. The van der Waals surface area contributed by atoms with E-state index in [1.807, 2.05) is 11.8 Å². The van der Waals surface area contributed by atoms with E-state index in [2.05, 4.69) is 54.3 Å². The van der Waals surface area contributed by atoms with Gasteiger partial charge in [0, 0.05) is 52.2 Å². The molecule has 32 heavy (non-hydrogen) atoms. The van der Waals surface area contributed by atoms with Gasteiger partial charge >= 0.3 is 0 Å². The molecular formula is C27H35N3O2. The Balaban J connectivity index is 1.42. The number of aliphatic hydroxyl groups excluding tert-OH is 1. The zero-order chi connectivity index (χ0) is 22.5. The second-order valence-corrected chi connectivity index (χ2v) is 10.5. The number of anilines is 1. The summed E-state index contributed by atoms with van der Waals surface area (Å²) in [4.78, 5) is 22.3. The molecule has 1 amide bonds. The van der Waals surface area contributed by atoms with Crippen LogP contribution in [0, 0.1) is 11.3 Å². The van der Waals surface area contributed by atoms with Crippen molar-refractivity contribution in [2.45, 2.75) is 71.8 Å². The summed E-state index contributed by atoms with van der Waals surface area (Å²) in [5.74, 6) is 0.205. The lowest BCUT2D eigenvalue weighted by Gasteiger charge is -2.30. The molecule has 170 valence electrons. The Morgan fingerprint density at radius 1 is 1.19 bits per heavy atom. The number of carbonyl (C=O) groups excluding carboxylic acids is 1. The van der Waals surface area contributed by atoms with Gasteiger partial charge in [-0.05, 0) is 81.0 Å². The van der Waals surface area contributed by atoms with Crippen molar-refractivity contribution in [1.29, 1.82) is 0 Å². The molecule has 2 aliphatic carbocycles. The summed E-state index contributed by atoms with van der Waals surface area (Å²) in [6, 6.07) is 8.52. The fourth-order valence-corrected chi connectivity index (χ4v) is 5.65. The third-order valence-electron chi connectivity index (χ3n) is 7.62. The van der Waals surface area contributed by atoms with E-state index in [1.54, 1.807) is 0 Å². The Morgan fingerprint density at radius 2 is 1.97 bits per heavy atom. The first-order valence-corrected chi connectivity index (χ1v) is 12.2. The largest absolute Gasteiger partial charge is 0.393 e. The van der Waals surface area contributed by atoms with Gasteiger partial charge in [-0.15, -0.1) is 0 Å². The van der Waals surface area contributed by atoms with Crippen LogP contribution in [0.2, 0.25) is 0 Å². The summed E-state index contributed by atoms with van der Waals surface area (Å²) < 4.78 is 0. The summed E-state index contributed by atoms with van der Waals surface area (Å²) in [6.07, 6.45) is 8.33. The zero-order valence-electron chi connectivity index (χ0n) is 19.5. The minimum atomic E-state index is -0.243. The average Bonchev–Trinajstić information content (AvgIpc) is 3.36. The highest BCUT2D eigenvalue weighted by Crippen LogP contribution is 2.39. The van der Waals surface area contributed by atoms with Crippen LogP contribution >= 0.6 is 0 Å². The number of hydrogen-bond donors (Lipinski definition) is 3. The van der Waals surface area contributed by atoms with E-state index in [0.717, 1.165) is 55.4 Å². The number of rotatable bonds is 4. The van der Waals surface area contributed by atoms with Crippen molar-refractivity contribution in [3.8, 4) is 11.3 Å². The smallest absolute Gasteiger partial charge is 0.230 e. The highest BCUT2D eigenvalue weighted by molar-refractivity contribution is 5.98. The molecule has 0 atom stereocenters. The van der Waals surface area contributed by atoms with E-state index in [-0.39, 0.29) is 17.9 Å². The number of amides is 1. The minimum absolute atomic E-state index is 0.0175. The number of hydrogen-bond acceptors (Lipinski definition) is 2. The van der Waals surface area contributed by atoms with Crippen LogP contribution in [-0.2, 0) is 17.6 Å². The van der Waals surface area contributed by atoms with Gasteiger partial charge < -0.3 is 20.0 Å². The number of nitrogens with zero attached hydrogens (tertiary/aromatic N) is 1. The topological polar surface area (TPSA) is 72.1 Å². The van der Waals surface area contributed by atoms with Crippen LogP contribution in [0.3, 0.4) is 0 Å². The Hall–Kier alpha value is -2.53. The zero-order valence-corrected chi connectivity index (χ0v) is 19.5. The van der Waals surface area contributed by atoms with Crippen LogP contribution in [0.25, 0.3) is 22.2 Å². The lowest BCUT2D eigenvalue weighted by Crippen LogP contribution is -2.38. The Labute approximate surface area is 190 Å². The van der Waals surface area contributed by atoms with Crippen molar-refractivity contribution >= 4 is 22.5 Å². The predicted molar refractivity (Wildman–Crippen MR) is 130 cm³/mol. The van der Waals surface area contributed by atoms with Crippen molar-refractivity contribution < 1.29 is 9.90 Å². The molecule has 3 N–H and O–H groups in total. The quantitative estimate of drug-likeness (QED) is 0.502. The Kier molecular flexibility index (Phi) is 5.40. The first-order valence-electron chi connectivity index (χ1n) is 12.2. The number of nitrogens with one attached hydrogen (secondary N) is 2. The van der Waals surface area contributed by atoms with Crippen LogP contribution in [0.5, 0.6) is 0 Å². The molecular weight excluding hydrogens is 398 g/mol. The summed E-state index contributed by atoms with van der Waals surface area (Å²) in [7, 11) is 0. The third-order valence-corrected chi connectivity index (χ3v) is 7.62.